The number of benzene rings is 1. The van der Waals surface area contributed by atoms with Crippen LogP contribution in [0.4, 0.5) is 8.78 Å². The predicted octanol–water partition coefficient (Wildman–Crippen LogP) is 3.57. The molecule has 2 aliphatic rings. The Labute approximate surface area is 222 Å². The van der Waals surface area contributed by atoms with Crippen molar-refractivity contribution < 1.29 is 23.0 Å². The van der Waals surface area contributed by atoms with Crippen molar-refractivity contribution in [3.8, 4) is 16.3 Å². The van der Waals surface area contributed by atoms with Gasteiger partial charge < -0.3 is 14.4 Å². The minimum atomic E-state index is -0.696. The summed E-state index contributed by atoms with van der Waals surface area (Å²) in [5.41, 5.74) is -0.498. The molecule has 2 aromatic heterocycles. The Morgan fingerprint density at radius 2 is 2.03 bits per heavy atom. The van der Waals surface area contributed by atoms with Crippen molar-refractivity contribution in [1.29, 1.82) is 0 Å². The SMILES string of the molecule is CCCCOc1c2n(cc(-c3nnc(Cc4ccc(F)cc4F)s3)c1=O)N(C)C1(CCOC1)N(CC)C2=O. The molecule has 9 nitrogen and oxygen atoms in total. The zero-order valence-electron chi connectivity index (χ0n) is 21.5. The molecule has 38 heavy (non-hydrogen) atoms. The normalized spacial score (nSPS) is 18.9. The second-order valence-corrected chi connectivity index (χ2v) is 10.4. The highest BCUT2D eigenvalue weighted by atomic mass is 32.1. The van der Waals surface area contributed by atoms with Crippen molar-refractivity contribution in [2.24, 2.45) is 0 Å². The number of pyridine rings is 1. The Morgan fingerprint density at radius 3 is 2.71 bits per heavy atom. The summed E-state index contributed by atoms with van der Waals surface area (Å²) in [4.78, 5) is 29.3. The van der Waals surface area contributed by atoms with Gasteiger partial charge in [0.05, 0.1) is 25.4 Å². The van der Waals surface area contributed by atoms with E-state index in [9.17, 15) is 18.4 Å². The van der Waals surface area contributed by atoms with Gasteiger partial charge in [0.1, 0.15) is 16.6 Å². The van der Waals surface area contributed by atoms with E-state index >= 15 is 0 Å². The minimum absolute atomic E-state index is 0.0265. The molecule has 3 aromatic rings. The number of hydrogen-bond donors (Lipinski definition) is 0. The first kappa shape index (κ1) is 26.2. The summed E-state index contributed by atoms with van der Waals surface area (Å²) in [6.07, 6.45) is 3.88. The third-order valence-corrected chi connectivity index (χ3v) is 8.07. The van der Waals surface area contributed by atoms with Crippen LogP contribution in [0.15, 0.2) is 29.2 Å². The minimum Gasteiger partial charge on any atom is -0.487 e. The number of amides is 1. The maximum Gasteiger partial charge on any atom is 0.278 e. The Morgan fingerprint density at radius 1 is 1.21 bits per heavy atom. The number of rotatable bonds is 8. The number of carbonyl (C=O) groups excluding carboxylic acids is 1. The van der Waals surface area contributed by atoms with E-state index in [1.807, 2.05) is 25.9 Å². The van der Waals surface area contributed by atoms with E-state index in [1.165, 1.54) is 12.1 Å². The number of carbonyl (C=O) groups is 1. The van der Waals surface area contributed by atoms with Crippen LogP contribution in [0.2, 0.25) is 0 Å². The molecular formula is C26H29F2N5O4S. The van der Waals surface area contributed by atoms with Crippen molar-refractivity contribution in [2.75, 3.05) is 38.4 Å². The first-order chi connectivity index (χ1) is 18.3. The Bertz CT molecular complexity index is 1420. The van der Waals surface area contributed by atoms with Gasteiger partial charge in [-0.15, -0.1) is 10.2 Å². The molecule has 1 fully saturated rings. The number of ether oxygens (including phenoxy) is 2. The molecule has 5 rings (SSSR count). The van der Waals surface area contributed by atoms with Crippen LogP contribution < -0.4 is 15.2 Å². The van der Waals surface area contributed by atoms with Gasteiger partial charge in [0.25, 0.3) is 5.91 Å². The predicted molar refractivity (Wildman–Crippen MR) is 138 cm³/mol. The second-order valence-electron chi connectivity index (χ2n) is 9.37. The quantitative estimate of drug-likeness (QED) is 0.400. The topological polar surface area (TPSA) is 89.8 Å². The van der Waals surface area contributed by atoms with Crippen molar-refractivity contribution >= 4 is 17.2 Å². The summed E-state index contributed by atoms with van der Waals surface area (Å²) in [5, 5.41) is 11.1. The average Bonchev–Trinajstić information content (AvgIpc) is 3.57. The van der Waals surface area contributed by atoms with Gasteiger partial charge in [-0.1, -0.05) is 30.7 Å². The monoisotopic (exact) mass is 545 g/mol. The van der Waals surface area contributed by atoms with Crippen molar-refractivity contribution in [2.45, 2.75) is 45.2 Å². The molecule has 1 spiro atoms. The lowest BCUT2D eigenvalue weighted by molar-refractivity contribution is 0.0244. The molecule has 2 aliphatic heterocycles. The smallest absolute Gasteiger partial charge is 0.278 e. The van der Waals surface area contributed by atoms with E-state index < -0.39 is 22.7 Å². The molecule has 1 saturated heterocycles. The van der Waals surface area contributed by atoms with E-state index in [0.29, 0.717) is 42.6 Å². The molecule has 1 amide bonds. The lowest BCUT2D eigenvalue weighted by Gasteiger charge is -2.51. The molecular weight excluding hydrogens is 516 g/mol. The fraction of sp³-hybridized carbons (Fsp3) is 0.462. The molecule has 0 N–H and O–H groups in total. The highest BCUT2D eigenvalue weighted by Crippen LogP contribution is 2.37. The van der Waals surface area contributed by atoms with Crippen molar-refractivity contribution in [3.63, 3.8) is 0 Å². The molecule has 1 aromatic carbocycles. The summed E-state index contributed by atoms with van der Waals surface area (Å²) in [6, 6.07) is 3.37. The molecule has 1 unspecified atom stereocenters. The number of fused-ring (bicyclic) bond motifs is 1. The van der Waals surface area contributed by atoms with E-state index in [4.69, 9.17) is 9.47 Å². The van der Waals surface area contributed by atoms with Gasteiger partial charge in [-0.3, -0.25) is 19.3 Å². The highest BCUT2D eigenvalue weighted by molar-refractivity contribution is 7.14. The zero-order valence-corrected chi connectivity index (χ0v) is 22.3. The number of halogens is 2. The number of likely N-dealkylation sites (N-methyl/N-ethyl adjacent to an activating group) is 2. The molecule has 0 saturated carbocycles. The van der Waals surface area contributed by atoms with Gasteiger partial charge in [0.2, 0.25) is 5.43 Å². The fourth-order valence-electron chi connectivity index (χ4n) is 5.02. The number of aromatic nitrogens is 3. The molecule has 12 heteroatoms. The number of nitrogens with zero attached hydrogens (tertiary/aromatic N) is 5. The van der Waals surface area contributed by atoms with Crippen LogP contribution in [-0.2, 0) is 11.2 Å². The first-order valence-electron chi connectivity index (χ1n) is 12.6. The van der Waals surface area contributed by atoms with E-state index in [-0.39, 0.29) is 41.5 Å². The molecule has 0 aliphatic carbocycles. The van der Waals surface area contributed by atoms with Gasteiger partial charge in [0.15, 0.2) is 22.1 Å². The largest absolute Gasteiger partial charge is 0.487 e. The fourth-order valence-corrected chi connectivity index (χ4v) is 5.89. The molecule has 4 heterocycles. The van der Waals surface area contributed by atoms with Gasteiger partial charge in [0, 0.05) is 38.7 Å². The van der Waals surface area contributed by atoms with Crippen molar-refractivity contribution in [3.05, 3.63) is 62.5 Å². The number of hydrogen-bond acceptors (Lipinski definition) is 8. The zero-order chi connectivity index (χ0) is 27.0. The first-order valence-corrected chi connectivity index (χ1v) is 13.4. The average molecular weight is 546 g/mol. The van der Waals surface area contributed by atoms with Gasteiger partial charge in [-0.25, -0.2) is 8.78 Å². The van der Waals surface area contributed by atoms with E-state index in [0.717, 1.165) is 23.8 Å². The number of unbranched alkanes of at least 4 members (excludes halogenated alkanes) is 1. The molecule has 202 valence electrons. The highest BCUT2D eigenvalue weighted by Gasteiger charge is 2.52. The Balaban J connectivity index is 1.60. The Hall–Kier alpha value is -3.38. The third-order valence-electron chi connectivity index (χ3n) is 7.12. The van der Waals surface area contributed by atoms with Crippen LogP contribution in [-0.4, -0.2) is 64.8 Å². The lowest BCUT2D eigenvalue weighted by atomic mass is 10.0. The summed E-state index contributed by atoms with van der Waals surface area (Å²) in [7, 11) is 1.86. The molecule has 1 atom stereocenters. The summed E-state index contributed by atoms with van der Waals surface area (Å²) in [6.45, 7) is 5.48. The summed E-state index contributed by atoms with van der Waals surface area (Å²) < 4.78 is 40.8. The van der Waals surface area contributed by atoms with Gasteiger partial charge in [-0.2, -0.15) is 0 Å². The molecule has 0 bridgehead atoms. The maximum atomic E-state index is 14.2. The lowest BCUT2D eigenvalue weighted by Crippen LogP contribution is -2.69. The summed E-state index contributed by atoms with van der Waals surface area (Å²) in [5.74, 6) is -1.66. The summed E-state index contributed by atoms with van der Waals surface area (Å²) >= 11 is 1.14. The van der Waals surface area contributed by atoms with Crippen LogP contribution in [0, 0.1) is 11.6 Å². The third kappa shape index (κ3) is 4.35. The van der Waals surface area contributed by atoms with E-state index in [2.05, 4.69) is 10.2 Å². The van der Waals surface area contributed by atoms with Crippen LogP contribution in [0.1, 0.15) is 54.2 Å². The second kappa shape index (κ2) is 10.4. The van der Waals surface area contributed by atoms with Crippen LogP contribution in [0.5, 0.6) is 5.75 Å². The van der Waals surface area contributed by atoms with Crippen LogP contribution >= 0.6 is 11.3 Å². The van der Waals surface area contributed by atoms with Gasteiger partial charge in [-0.05, 0) is 25.0 Å². The Kier molecular flexibility index (Phi) is 7.19. The van der Waals surface area contributed by atoms with Crippen LogP contribution in [0.25, 0.3) is 10.6 Å². The van der Waals surface area contributed by atoms with Gasteiger partial charge >= 0.3 is 0 Å². The standard InChI is InChI=1S/C26H29F2N5O4S/c1-4-6-10-37-23-21-25(35)32(5-2)26(9-11-36-15-26)31(3)33(21)14-18(22(23)34)24-30-29-20(38-24)12-16-7-8-17(27)13-19(16)28/h7-8,13-14H,4-6,9-12,15H2,1-3H3. The van der Waals surface area contributed by atoms with Crippen LogP contribution in [0.3, 0.4) is 0 Å². The van der Waals surface area contributed by atoms with E-state index in [1.54, 1.807) is 15.8 Å². The molecule has 0 radical (unpaired) electrons. The van der Waals surface area contributed by atoms with Crippen molar-refractivity contribution in [1.82, 2.24) is 19.8 Å². The maximum absolute atomic E-state index is 14.2.